The second-order valence-corrected chi connectivity index (χ2v) is 4.91. The van der Waals surface area contributed by atoms with Gasteiger partial charge in [0.1, 0.15) is 0 Å². The minimum absolute atomic E-state index is 0.192. The van der Waals surface area contributed by atoms with Gasteiger partial charge < -0.3 is 4.74 Å². The van der Waals surface area contributed by atoms with E-state index in [2.05, 4.69) is 5.10 Å². The summed E-state index contributed by atoms with van der Waals surface area (Å²) in [7, 11) is 0. The maximum absolute atomic E-state index is 11.9. The van der Waals surface area contributed by atoms with Crippen molar-refractivity contribution in [3.8, 4) is 0 Å². The molecule has 0 fully saturated rings. The minimum atomic E-state index is -0.819. The van der Waals surface area contributed by atoms with E-state index >= 15 is 0 Å². The number of rotatable bonds is 4. The van der Waals surface area contributed by atoms with Crippen LogP contribution in [0.3, 0.4) is 0 Å². The number of Topliss-reactive ketones (excluding diaryl/α,β-unsaturated/α-hetero) is 1. The monoisotopic (exact) mass is 274 g/mol. The summed E-state index contributed by atoms with van der Waals surface area (Å²) in [6.07, 6.45) is 0. The Morgan fingerprint density at radius 1 is 1.35 bits per heavy atom. The first-order chi connectivity index (χ1) is 9.45. The van der Waals surface area contributed by atoms with Crippen LogP contribution in [0.2, 0.25) is 0 Å². The summed E-state index contributed by atoms with van der Waals surface area (Å²) in [5.74, 6) is -1.44. The molecular formula is C15H18N2O3. The molecule has 1 aromatic carbocycles. The van der Waals surface area contributed by atoms with Gasteiger partial charge in [-0.1, -0.05) is 0 Å². The third kappa shape index (κ3) is 2.43. The molecule has 0 spiro atoms. The number of hydrogen-bond acceptors (Lipinski definition) is 4. The Morgan fingerprint density at radius 2 is 2.05 bits per heavy atom. The molecule has 0 aliphatic heterocycles. The first kappa shape index (κ1) is 14.2. The van der Waals surface area contributed by atoms with Crippen LogP contribution in [-0.2, 0) is 9.53 Å². The first-order valence-corrected chi connectivity index (χ1v) is 6.66. The van der Waals surface area contributed by atoms with E-state index in [9.17, 15) is 9.59 Å². The number of aromatic nitrogens is 2. The average Bonchev–Trinajstić information content (AvgIpc) is 2.75. The highest BCUT2D eigenvalue weighted by Gasteiger charge is 2.19. The number of ether oxygens (including phenoxy) is 1. The zero-order valence-electron chi connectivity index (χ0n) is 12.1. The lowest BCUT2D eigenvalue weighted by atomic mass is 10.1. The fraction of sp³-hybridized carbons (Fsp3) is 0.400. The van der Waals surface area contributed by atoms with Crippen LogP contribution in [0.25, 0.3) is 10.9 Å². The van der Waals surface area contributed by atoms with Gasteiger partial charge in [-0.25, -0.2) is 4.79 Å². The second kappa shape index (κ2) is 5.45. The summed E-state index contributed by atoms with van der Waals surface area (Å²) in [5, 5.41) is 5.34. The molecule has 0 radical (unpaired) electrons. The Balaban J connectivity index is 2.47. The Labute approximate surface area is 117 Å². The van der Waals surface area contributed by atoms with E-state index < -0.39 is 11.8 Å². The number of esters is 1. The molecular weight excluding hydrogens is 256 g/mol. The highest BCUT2D eigenvalue weighted by Crippen LogP contribution is 2.23. The molecule has 5 heteroatoms. The number of aryl methyl sites for hydroxylation is 1. The topological polar surface area (TPSA) is 61.2 Å². The van der Waals surface area contributed by atoms with E-state index in [0.29, 0.717) is 5.56 Å². The molecule has 1 heterocycles. The number of hydrogen-bond donors (Lipinski definition) is 0. The van der Waals surface area contributed by atoms with Crippen LogP contribution in [0.4, 0.5) is 0 Å². The van der Waals surface area contributed by atoms with Gasteiger partial charge in [0, 0.05) is 17.0 Å². The molecule has 2 aromatic rings. The highest BCUT2D eigenvalue weighted by atomic mass is 16.5. The number of fused-ring (bicyclic) bond motifs is 1. The van der Waals surface area contributed by atoms with E-state index in [-0.39, 0.29) is 12.6 Å². The zero-order chi connectivity index (χ0) is 14.9. The molecule has 1 aromatic heterocycles. The normalized spacial score (nSPS) is 11.1. The molecule has 0 saturated heterocycles. The summed E-state index contributed by atoms with van der Waals surface area (Å²) in [4.78, 5) is 23.4. The van der Waals surface area contributed by atoms with Crippen LogP contribution in [0, 0.1) is 6.92 Å². The minimum Gasteiger partial charge on any atom is -0.460 e. The molecule has 0 aliphatic carbocycles. The number of nitrogens with zero attached hydrogens (tertiary/aromatic N) is 2. The van der Waals surface area contributed by atoms with E-state index in [1.807, 2.05) is 31.5 Å². The van der Waals surface area contributed by atoms with Crippen molar-refractivity contribution >= 4 is 22.7 Å². The maximum atomic E-state index is 11.9. The molecule has 0 amide bonds. The lowest BCUT2D eigenvalue weighted by Gasteiger charge is -2.07. The van der Waals surface area contributed by atoms with Crippen molar-refractivity contribution in [1.82, 2.24) is 9.78 Å². The van der Waals surface area contributed by atoms with Crippen molar-refractivity contribution < 1.29 is 14.3 Å². The zero-order valence-corrected chi connectivity index (χ0v) is 12.1. The van der Waals surface area contributed by atoms with E-state index in [0.717, 1.165) is 16.6 Å². The Morgan fingerprint density at radius 3 is 2.65 bits per heavy atom. The van der Waals surface area contributed by atoms with Gasteiger partial charge in [0.25, 0.3) is 5.78 Å². The first-order valence-electron chi connectivity index (χ1n) is 6.66. The van der Waals surface area contributed by atoms with Crippen LogP contribution in [0.5, 0.6) is 0 Å². The predicted octanol–water partition coefficient (Wildman–Crippen LogP) is 2.67. The maximum Gasteiger partial charge on any atom is 0.379 e. The molecule has 106 valence electrons. The quantitative estimate of drug-likeness (QED) is 0.488. The smallest absolute Gasteiger partial charge is 0.379 e. The van der Waals surface area contributed by atoms with Gasteiger partial charge in [-0.2, -0.15) is 5.10 Å². The number of carbonyl (C=O) groups excluding carboxylic acids is 2. The summed E-state index contributed by atoms with van der Waals surface area (Å²) < 4.78 is 6.64. The van der Waals surface area contributed by atoms with Crippen molar-refractivity contribution in [3.63, 3.8) is 0 Å². The van der Waals surface area contributed by atoms with Gasteiger partial charge in [0.2, 0.25) is 0 Å². The third-order valence-electron chi connectivity index (χ3n) is 3.10. The third-order valence-corrected chi connectivity index (χ3v) is 3.10. The summed E-state index contributed by atoms with van der Waals surface area (Å²) in [5.41, 5.74) is 2.13. The van der Waals surface area contributed by atoms with Gasteiger partial charge in [-0.15, -0.1) is 0 Å². The molecule has 0 saturated carbocycles. The van der Waals surface area contributed by atoms with E-state index in [1.165, 1.54) is 0 Å². The van der Waals surface area contributed by atoms with Crippen molar-refractivity contribution in [2.24, 2.45) is 0 Å². The molecule has 0 atom stereocenters. The Hall–Kier alpha value is -2.17. The van der Waals surface area contributed by atoms with Crippen LogP contribution in [0.15, 0.2) is 18.2 Å². The largest absolute Gasteiger partial charge is 0.460 e. The summed E-state index contributed by atoms with van der Waals surface area (Å²) in [6.45, 7) is 7.84. The van der Waals surface area contributed by atoms with Crippen LogP contribution >= 0.6 is 0 Å². The Kier molecular flexibility index (Phi) is 3.88. The molecule has 2 rings (SSSR count). The number of benzene rings is 1. The van der Waals surface area contributed by atoms with Crippen molar-refractivity contribution in [2.75, 3.05) is 6.61 Å². The van der Waals surface area contributed by atoms with Crippen molar-refractivity contribution in [1.29, 1.82) is 0 Å². The lowest BCUT2D eigenvalue weighted by molar-refractivity contribution is -0.137. The highest BCUT2D eigenvalue weighted by molar-refractivity contribution is 6.40. The molecule has 20 heavy (non-hydrogen) atoms. The van der Waals surface area contributed by atoms with E-state index in [1.54, 1.807) is 19.1 Å². The molecule has 0 bridgehead atoms. The summed E-state index contributed by atoms with van der Waals surface area (Å²) in [6, 6.07) is 5.40. The Bertz CT molecular complexity index is 671. The second-order valence-electron chi connectivity index (χ2n) is 4.91. The van der Waals surface area contributed by atoms with Crippen molar-refractivity contribution in [3.05, 3.63) is 29.5 Å². The molecule has 0 aliphatic rings. The van der Waals surface area contributed by atoms with Gasteiger partial charge in [0.15, 0.2) is 0 Å². The lowest BCUT2D eigenvalue weighted by Crippen LogP contribution is -2.17. The predicted molar refractivity (Wildman–Crippen MR) is 75.8 cm³/mol. The molecule has 0 N–H and O–H groups in total. The molecule has 5 nitrogen and oxygen atoms in total. The van der Waals surface area contributed by atoms with Crippen molar-refractivity contribution in [2.45, 2.75) is 33.7 Å². The SMILES string of the molecule is CCOC(=O)C(=O)c1ccc2c(c1)c(C)nn2C(C)C. The fourth-order valence-electron chi connectivity index (χ4n) is 2.14. The van der Waals surface area contributed by atoms with Gasteiger partial charge >= 0.3 is 5.97 Å². The standard InChI is InChI=1S/C15H18N2O3/c1-5-20-15(19)14(18)11-6-7-13-12(8-11)10(4)16-17(13)9(2)3/h6-9H,5H2,1-4H3. The number of carbonyl (C=O) groups is 2. The van der Waals surface area contributed by atoms with Crippen LogP contribution < -0.4 is 0 Å². The molecule has 0 unspecified atom stereocenters. The van der Waals surface area contributed by atoms with Gasteiger partial charge in [0.05, 0.1) is 17.8 Å². The number of ketones is 1. The summed E-state index contributed by atoms with van der Waals surface area (Å²) >= 11 is 0. The van der Waals surface area contributed by atoms with E-state index in [4.69, 9.17) is 4.74 Å². The van der Waals surface area contributed by atoms with Gasteiger partial charge in [-0.05, 0) is 45.9 Å². The van der Waals surface area contributed by atoms with Gasteiger partial charge in [-0.3, -0.25) is 9.48 Å². The average molecular weight is 274 g/mol. The fourth-order valence-corrected chi connectivity index (χ4v) is 2.14. The van der Waals surface area contributed by atoms with Crippen LogP contribution in [0.1, 0.15) is 42.9 Å². The van der Waals surface area contributed by atoms with Crippen LogP contribution in [-0.4, -0.2) is 28.1 Å².